The van der Waals surface area contributed by atoms with Crippen molar-refractivity contribution < 1.29 is 14.2 Å². The van der Waals surface area contributed by atoms with Crippen LogP contribution >= 0.6 is 0 Å². The van der Waals surface area contributed by atoms with E-state index < -0.39 is 0 Å². The minimum atomic E-state index is 0.304. The first-order valence-electron chi connectivity index (χ1n) is 7.19. The number of hydrogen-bond donors (Lipinski definition) is 1. The first-order chi connectivity index (χ1) is 9.72. The van der Waals surface area contributed by atoms with Crippen molar-refractivity contribution in [2.75, 3.05) is 34.0 Å². The van der Waals surface area contributed by atoms with Crippen molar-refractivity contribution in [1.29, 1.82) is 0 Å². The molecule has 0 amide bonds. The topological polar surface area (TPSA) is 39.7 Å². The second kappa shape index (κ2) is 9.75. The van der Waals surface area contributed by atoms with E-state index in [1.807, 2.05) is 13.0 Å². The fourth-order valence-electron chi connectivity index (χ4n) is 2.09. The molecule has 20 heavy (non-hydrogen) atoms. The molecule has 0 spiro atoms. The zero-order chi connectivity index (χ0) is 14.8. The zero-order valence-corrected chi connectivity index (χ0v) is 13.1. The van der Waals surface area contributed by atoms with Gasteiger partial charge >= 0.3 is 0 Å². The molecule has 4 heteroatoms. The summed E-state index contributed by atoms with van der Waals surface area (Å²) < 4.78 is 15.9. The number of methoxy groups -OCH3 is 2. The Labute approximate surface area is 122 Å². The van der Waals surface area contributed by atoms with Crippen molar-refractivity contribution >= 4 is 0 Å². The summed E-state index contributed by atoms with van der Waals surface area (Å²) >= 11 is 0. The molecule has 1 rings (SSSR count). The lowest BCUT2D eigenvalue weighted by Crippen LogP contribution is -2.21. The Bertz CT molecular complexity index is 382. The largest absolute Gasteiger partial charge is 0.496 e. The highest BCUT2D eigenvalue weighted by Gasteiger charge is 2.09. The SMILES string of the molecule is CCOCCCNC(C)c1ccc(OC)c(COC)c1. The Morgan fingerprint density at radius 1 is 1.25 bits per heavy atom. The van der Waals surface area contributed by atoms with Crippen molar-refractivity contribution in [2.45, 2.75) is 32.9 Å². The van der Waals surface area contributed by atoms with Crippen LogP contribution in [0.25, 0.3) is 0 Å². The van der Waals surface area contributed by atoms with Gasteiger partial charge in [0.2, 0.25) is 0 Å². The van der Waals surface area contributed by atoms with E-state index in [4.69, 9.17) is 14.2 Å². The van der Waals surface area contributed by atoms with E-state index in [1.54, 1.807) is 14.2 Å². The highest BCUT2D eigenvalue weighted by atomic mass is 16.5. The molecule has 1 atom stereocenters. The van der Waals surface area contributed by atoms with Gasteiger partial charge in [-0.1, -0.05) is 6.07 Å². The average molecular weight is 281 g/mol. The van der Waals surface area contributed by atoms with Crippen LogP contribution in [-0.2, 0) is 16.1 Å². The Kier molecular flexibility index (Phi) is 8.26. The molecule has 0 saturated carbocycles. The van der Waals surface area contributed by atoms with Gasteiger partial charge in [0.05, 0.1) is 13.7 Å². The summed E-state index contributed by atoms with van der Waals surface area (Å²) in [5.41, 5.74) is 2.32. The lowest BCUT2D eigenvalue weighted by Gasteiger charge is -2.17. The first kappa shape index (κ1) is 17.0. The van der Waals surface area contributed by atoms with Crippen LogP contribution in [0.2, 0.25) is 0 Å². The van der Waals surface area contributed by atoms with Crippen LogP contribution in [0.3, 0.4) is 0 Å². The maximum Gasteiger partial charge on any atom is 0.124 e. The Balaban J connectivity index is 2.54. The van der Waals surface area contributed by atoms with Crippen LogP contribution in [0.5, 0.6) is 5.75 Å². The Morgan fingerprint density at radius 3 is 2.70 bits per heavy atom. The molecule has 0 radical (unpaired) electrons. The van der Waals surface area contributed by atoms with Crippen molar-refractivity contribution in [1.82, 2.24) is 5.32 Å². The van der Waals surface area contributed by atoms with E-state index in [-0.39, 0.29) is 0 Å². The van der Waals surface area contributed by atoms with Crippen LogP contribution < -0.4 is 10.1 Å². The summed E-state index contributed by atoms with van der Waals surface area (Å²) in [7, 11) is 3.38. The van der Waals surface area contributed by atoms with Gasteiger partial charge in [-0.15, -0.1) is 0 Å². The molecular formula is C16H27NO3. The van der Waals surface area contributed by atoms with Crippen LogP contribution in [0.1, 0.15) is 37.4 Å². The van der Waals surface area contributed by atoms with Crippen molar-refractivity contribution in [3.8, 4) is 5.75 Å². The van der Waals surface area contributed by atoms with Gasteiger partial charge in [0.1, 0.15) is 5.75 Å². The normalized spacial score (nSPS) is 12.4. The van der Waals surface area contributed by atoms with Crippen molar-refractivity contribution in [3.05, 3.63) is 29.3 Å². The Morgan fingerprint density at radius 2 is 2.05 bits per heavy atom. The van der Waals surface area contributed by atoms with E-state index in [9.17, 15) is 0 Å². The highest BCUT2D eigenvalue weighted by Crippen LogP contribution is 2.23. The molecule has 1 N–H and O–H groups in total. The smallest absolute Gasteiger partial charge is 0.124 e. The summed E-state index contributed by atoms with van der Waals surface area (Å²) in [6.07, 6.45) is 1.03. The molecule has 1 aromatic carbocycles. The fourth-order valence-corrected chi connectivity index (χ4v) is 2.09. The van der Waals surface area contributed by atoms with Gasteiger partial charge in [0.15, 0.2) is 0 Å². The summed E-state index contributed by atoms with van der Waals surface area (Å²) in [5, 5.41) is 3.50. The highest BCUT2D eigenvalue weighted by molar-refractivity contribution is 5.38. The molecule has 0 fully saturated rings. The van der Waals surface area contributed by atoms with E-state index in [2.05, 4.69) is 24.4 Å². The lowest BCUT2D eigenvalue weighted by atomic mass is 10.0. The molecule has 114 valence electrons. The van der Waals surface area contributed by atoms with Crippen molar-refractivity contribution in [3.63, 3.8) is 0 Å². The zero-order valence-electron chi connectivity index (χ0n) is 13.1. The van der Waals surface area contributed by atoms with E-state index in [0.717, 1.165) is 37.5 Å². The number of ether oxygens (including phenoxy) is 3. The minimum absolute atomic E-state index is 0.304. The summed E-state index contributed by atoms with van der Waals surface area (Å²) in [5.74, 6) is 0.874. The first-order valence-corrected chi connectivity index (χ1v) is 7.19. The van der Waals surface area contributed by atoms with Crippen LogP contribution in [0.15, 0.2) is 18.2 Å². The van der Waals surface area contributed by atoms with Crippen LogP contribution in [-0.4, -0.2) is 34.0 Å². The molecule has 4 nitrogen and oxygen atoms in total. The molecule has 0 heterocycles. The van der Waals surface area contributed by atoms with Gasteiger partial charge in [-0.3, -0.25) is 0 Å². The molecule has 0 saturated heterocycles. The molecule has 0 aliphatic heterocycles. The predicted octanol–water partition coefficient (Wildman–Crippen LogP) is 2.92. The van der Waals surface area contributed by atoms with Gasteiger partial charge in [-0.05, 0) is 44.5 Å². The monoisotopic (exact) mass is 281 g/mol. The second-order valence-electron chi connectivity index (χ2n) is 4.73. The van der Waals surface area contributed by atoms with E-state index in [0.29, 0.717) is 12.6 Å². The summed E-state index contributed by atoms with van der Waals surface area (Å²) in [6, 6.07) is 6.54. The number of hydrogen-bond acceptors (Lipinski definition) is 4. The van der Waals surface area contributed by atoms with Gasteiger partial charge in [-0.2, -0.15) is 0 Å². The Hall–Kier alpha value is -1.10. The third-order valence-corrected chi connectivity index (χ3v) is 3.22. The molecule has 1 unspecified atom stereocenters. The second-order valence-corrected chi connectivity index (χ2v) is 4.73. The van der Waals surface area contributed by atoms with Gasteiger partial charge < -0.3 is 19.5 Å². The fraction of sp³-hybridized carbons (Fsp3) is 0.625. The van der Waals surface area contributed by atoms with Crippen molar-refractivity contribution in [2.24, 2.45) is 0 Å². The molecule has 0 aliphatic carbocycles. The maximum atomic E-state index is 5.34. The third-order valence-electron chi connectivity index (χ3n) is 3.22. The third kappa shape index (κ3) is 5.49. The van der Waals surface area contributed by atoms with E-state index >= 15 is 0 Å². The molecule has 1 aromatic rings. The quantitative estimate of drug-likeness (QED) is 0.669. The van der Waals surface area contributed by atoms with Crippen LogP contribution in [0.4, 0.5) is 0 Å². The standard InChI is InChI=1S/C16H27NO3/c1-5-20-10-6-9-17-13(2)14-7-8-16(19-4)15(11-14)12-18-3/h7-8,11,13,17H,5-6,9-10,12H2,1-4H3. The van der Waals surface area contributed by atoms with Gasteiger partial charge in [-0.25, -0.2) is 0 Å². The van der Waals surface area contributed by atoms with Gasteiger partial charge in [0.25, 0.3) is 0 Å². The minimum Gasteiger partial charge on any atom is -0.496 e. The lowest BCUT2D eigenvalue weighted by molar-refractivity contribution is 0.144. The summed E-state index contributed by atoms with van der Waals surface area (Å²) in [6.45, 7) is 7.30. The number of benzene rings is 1. The maximum absolute atomic E-state index is 5.34. The molecule has 0 aliphatic rings. The average Bonchev–Trinajstić information content (AvgIpc) is 2.47. The molecule has 0 aromatic heterocycles. The molecular weight excluding hydrogens is 254 g/mol. The van der Waals surface area contributed by atoms with E-state index in [1.165, 1.54) is 5.56 Å². The van der Waals surface area contributed by atoms with Gasteiger partial charge in [0, 0.05) is 31.9 Å². The number of rotatable bonds is 10. The predicted molar refractivity (Wildman–Crippen MR) is 81.2 cm³/mol. The molecule has 0 bridgehead atoms. The number of nitrogens with one attached hydrogen (secondary N) is 1. The van der Waals surface area contributed by atoms with Crippen LogP contribution in [0, 0.1) is 0 Å². The summed E-state index contributed by atoms with van der Waals surface area (Å²) in [4.78, 5) is 0.